The first-order chi connectivity index (χ1) is 10.2. The molecule has 0 saturated heterocycles. The standard InChI is InChI=1S/C16H23N5/c1-5-21(6-2)14-9-7-8-13(12(14)3)20-16-10-15(17-4)18-11-19-16/h7-11H,5-6H2,1-4H3,(H2,17,18,19,20). The molecule has 5 heteroatoms. The minimum Gasteiger partial charge on any atom is -0.373 e. The Labute approximate surface area is 126 Å². The van der Waals surface area contributed by atoms with Crippen LogP contribution >= 0.6 is 0 Å². The molecule has 0 spiro atoms. The predicted octanol–water partition coefficient (Wildman–Crippen LogP) is 3.42. The molecule has 2 N–H and O–H groups in total. The van der Waals surface area contributed by atoms with E-state index in [2.05, 4.69) is 64.5 Å². The number of nitrogens with zero attached hydrogens (tertiary/aromatic N) is 3. The van der Waals surface area contributed by atoms with Crippen LogP contribution in [0.15, 0.2) is 30.6 Å². The molecule has 0 amide bonds. The van der Waals surface area contributed by atoms with Crippen LogP contribution in [0, 0.1) is 6.92 Å². The summed E-state index contributed by atoms with van der Waals surface area (Å²) in [6, 6.07) is 8.20. The zero-order valence-corrected chi connectivity index (χ0v) is 13.1. The summed E-state index contributed by atoms with van der Waals surface area (Å²) < 4.78 is 0. The van der Waals surface area contributed by atoms with Crippen LogP contribution in [0.25, 0.3) is 0 Å². The SMILES string of the molecule is CCN(CC)c1cccc(Nc2cc(NC)ncn2)c1C. The van der Waals surface area contributed by atoms with E-state index in [1.807, 2.05) is 13.1 Å². The second-order valence-corrected chi connectivity index (χ2v) is 4.79. The molecule has 0 aliphatic heterocycles. The van der Waals surface area contributed by atoms with Crippen molar-refractivity contribution in [2.45, 2.75) is 20.8 Å². The molecule has 1 aromatic carbocycles. The van der Waals surface area contributed by atoms with Gasteiger partial charge in [0.25, 0.3) is 0 Å². The minimum atomic E-state index is 0.786. The number of hydrogen-bond donors (Lipinski definition) is 2. The lowest BCUT2D eigenvalue weighted by Gasteiger charge is -2.24. The topological polar surface area (TPSA) is 53.1 Å². The van der Waals surface area contributed by atoms with Gasteiger partial charge in [0.2, 0.25) is 0 Å². The van der Waals surface area contributed by atoms with E-state index in [9.17, 15) is 0 Å². The Hall–Kier alpha value is -2.30. The van der Waals surface area contributed by atoms with Crippen molar-refractivity contribution >= 4 is 23.0 Å². The molecule has 0 aliphatic rings. The second kappa shape index (κ2) is 6.92. The lowest BCUT2D eigenvalue weighted by atomic mass is 10.1. The van der Waals surface area contributed by atoms with E-state index in [-0.39, 0.29) is 0 Å². The second-order valence-electron chi connectivity index (χ2n) is 4.79. The molecule has 0 bridgehead atoms. The van der Waals surface area contributed by atoms with Crippen LogP contribution in [0.2, 0.25) is 0 Å². The lowest BCUT2D eigenvalue weighted by molar-refractivity contribution is 0.862. The van der Waals surface area contributed by atoms with Crippen LogP contribution in [0.5, 0.6) is 0 Å². The molecule has 112 valence electrons. The fourth-order valence-corrected chi connectivity index (χ4v) is 2.37. The van der Waals surface area contributed by atoms with Crippen LogP contribution < -0.4 is 15.5 Å². The van der Waals surface area contributed by atoms with Gasteiger partial charge in [0, 0.05) is 37.6 Å². The average Bonchev–Trinajstić information content (AvgIpc) is 2.52. The fraction of sp³-hybridized carbons (Fsp3) is 0.375. The maximum absolute atomic E-state index is 4.26. The van der Waals surface area contributed by atoms with Crippen molar-refractivity contribution in [2.24, 2.45) is 0 Å². The largest absolute Gasteiger partial charge is 0.373 e. The van der Waals surface area contributed by atoms with Crippen LogP contribution in [0.4, 0.5) is 23.0 Å². The van der Waals surface area contributed by atoms with E-state index < -0.39 is 0 Å². The first-order valence-electron chi connectivity index (χ1n) is 7.31. The molecule has 0 fully saturated rings. The molecule has 0 saturated carbocycles. The van der Waals surface area contributed by atoms with E-state index in [4.69, 9.17) is 0 Å². The summed E-state index contributed by atoms with van der Waals surface area (Å²) >= 11 is 0. The molecular formula is C16H23N5. The van der Waals surface area contributed by atoms with Crippen LogP contribution in [0.3, 0.4) is 0 Å². The third-order valence-electron chi connectivity index (χ3n) is 3.60. The van der Waals surface area contributed by atoms with Gasteiger partial charge in [-0.2, -0.15) is 0 Å². The number of rotatable bonds is 6. The summed E-state index contributed by atoms with van der Waals surface area (Å²) in [6.07, 6.45) is 1.55. The van der Waals surface area contributed by atoms with Crippen molar-refractivity contribution in [3.8, 4) is 0 Å². The van der Waals surface area contributed by atoms with Crippen molar-refractivity contribution in [1.82, 2.24) is 9.97 Å². The number of nitrogens with one attached hydrogen (secondary N) is 2. The highest BCUT2D eigenvalue weighted by molar-refractivity contribution is 5.70. The quantitative estimate of drug-likeness (QED) is 0.851. The molecule has 2 aromatic rings. The Morgan fingerprint density at radius 3 is 2.48 bits per heavy atom. The highest BCUT2D eigenvalue weighted by Gasteiger charge is 2.09. The van der Waals surface area contributed by atoms with E-state index in [0.717, 1.165) is 30.4 Å². The Kier molecular flexibility index (Phi) is 4.98. The Balaban J connectivity index is 2.30. The average molecular weight is 285 g/mol. The van der Waals surface area contributed by atoms with Gasteiger partial charge in [-0.05, 0) is 38.5 Å². The number of anilines is 4. The van der Waals surface area contributed by atoms with Crippen molar-refractivity contribution in [3.05, 3.63) is 36.2 Å². The maximum atomic E-state index is 4.26. The Morgan fingerprint density at radius 1 is 1.10 bits per heavy atom. The summed E-state index contributed by atoms with van der Waals surface area (Å²) in [5, 5.41) is 6.39. The number of aromatic nitrogens is 2. The first kappa shape index (κ1) is 15.1. The molecule has 2 rings (SSSR count). The van der Waals surface area contributed by atoms with Gasteiger partial charge < -0.3 is 15.5 Å². The van der Waals surface area contributed by atoms with Crippen LogP contribution in [-0.4, -0.2) is 30.1 Å². The third kappa shape index (κ3) is 3.42. The Bertz CT molecular complexity index is 593. The molecule has 0 unspecified atom stereocenters. The Morgan fingerprint density at radius 2 is 1.81 bits per heavy atom. The van der Waals surface area contributed by atoms with Gasteiger partial charge in [-0.1, -0.05) is 6.07 Å². The van der Waals surface area contributed by atoms with E-state index in [1.54, 1.807) is 6.33 Å². The molecule has 0 radical (unpaired) electrons. The highest BCUT2D eigenvalue weighted by atomic mass is 15.1. The summed E-state index contributed by atoms with van der Waals surface area (Å²) in [7, 11) is 1.85. The zero-order chi connectivity index (χ0) is 15.2. The summed E-state index contributed by atoms with van der Waals surface area (Å²) in [4.78, 5) is 10.7. The highest BCUT2D eigenvalue weighted by Crippen LogP contribution is 2.28. The van der Waals surface area contributed by atoms with Gasteiger partial charge in [0.05, 0.1) is 0 Å². The van der Waals surface area contributed by atoms with Gasteiger partial charge >= 0.3 is 0 Å². The summed E-state index contributed by atoms with van der Waals surface area (Å²) in [5.41, 5.74) is 3.55. The van der Waals surface area contributed by atoms with Gasteiger partial charge in [0.15, 0.2) is 0 Å². The number of hydrogen-bond acceptors (Lipinski definition) is 5. The third-order valence-corrected chi connectivity index (χ3v) is 3.60. The molecule has 1 aromatic heterocycles. The van der Waals surface area contributed by atoms with E-state index >= 15 is 0 Å². The van der Waals surface area contributed by atoms with Gasteiger partial charge in [-0.15, -0.1) is 0 Å². The molecule has 5 nitrogen and oxygen atoms in total. The zero-order valence-electron chi connectivity index (χ0n) is 13.1. The monoisotopic (exact) mass is 285 g/mol. The van der Waals surface area contributed by atoms with Gasteiger partial charge in [-0.3, -0.25) is 0 Å². The molecule has 0 atom stereocenters. The number of benzene rings is 1. The van der Waals surface area contributed by atoms with Crippen molar-refractivity contribution in [1.29, 1.82) is 0 Å². The first-order valence-corrected chi connectivity index (χ1v) is 7.31. The van der Waals surface area contributed by atoms with Crippen LogP contribution in [0.1, 0.15) is 19.4 Å². The molecule has 1 heterocycles. The van der Waals surface area contributed by atoms with Crippen molar-refractivity contribution < 1.29 is 0 Å². The molecule has 21 heavy (non-hydrogen) atoms. The van der Waals surface area contributed by atoms with Crippen LogP contribution in [-0.2, 0) is 0 Å². The predicted molar refractivity (Wildman–Crippen MR) is 89.6 cm³/mol. The van der Waals surface area contributed by atoms with Gasteiger partial charge in [0.1, 0.15) is 18.0 Å². The van der Waals surface area contributed by atoms with Crippen molar-refractivity contribution in [3.63, 3.8) is 0 Å². The maximum Gasteiger partial charge on any atom is 0.135 e. The normalized spacial score (nSPS) is 10.3. The molecule has 0 aliphatic carbocycles. The fourth-order valence-electron chi connectivity index (χ4n) is 2.37. The van der Waals surface area contributed by atoms with E-state index in [0.29, 0.717) is 0 Å². The summed E-state index contributed by atoms with van der Waals surface area (Å²) in [5.74, 6) is 1.58. The van der Waals surface area contributed by atoms with Gasteiger partial charge in [-0.25, -0.2) is 9.97 Å². The minimum absolute atomic E-state index is 0.786. The lowest BCUT2D eigenvalue weighted by Crippen LogP contribution is -2.22. The van der Waals surface area contributed by atoms with E-state index in [1.165, 1.54) is 11.3 Å². The summed E-state index contributed by atoms with van der Waals surface area (Å²) in [6.45, 7) is 8.48. The smallest absolute Gasteiger partial charge is 0.135 e. The van der Waals surface area contributed by atoms with Crippen molar-refractivity contribution in [2.75, 3.05) is 35.7 Å². The molecular weight excluding hydrogens is 262 g/mol.